The van der Waals surface area contributed by atoms with E-state index >= 15 is 0 Å². The average Bonchev–Trinajstić information content (AvgIpc) is 2.85. The predicted molar refractivity (Wildman–Crippen MR) is 73.2 cm³/mol. The number of aliphatic carboxylic acids is 1. The summed E-state index contributed by atoms with van der Waals surface area (Å²) in [5.74, 6) is 1.22. The zero-order valence-corrected chi connectivity index (χ0v) is 12.0. The molecule has 2 heterocycles. The zero-order chi connectivity index (χ0) is 14.4. The van der Waals surface area contributed by atoms with E-state index in [0.717, 1.165) is 51.0 Å². The number of piperidine rings is 1. The van der Waals surface area contributed by atoms with Gasteiger partial charge in [0.25, 0.3) is 0 Å². The lowest BCUT2D eigenvalue weighted by atomic mass is 9.93. The molecule has 6 nitrogen and oxygen atoms in total. The largest absolute Gasteiger partial charge is 0.481 e. The van der Waals surface area contributed by atoms with Gasteiger partial charge in [-0.3, -0.25) is 9.69 Å². The summed E-state index contributed by atoms with van der Waals surface area (Å²) in [5.41, 5.74) is 0. The molecule has 1 atom stereocenters. The van der Waals surface area contributed by atoms with Crippen LogP contribution in [0, 0.1) is 5.92 Å². The standard InChI is InChI=1S/C14H23N3O3/c1-2-4-13-15-12(16-20-13)10-17-8-3-5-11(9-17)6-7-14(18)19/h11H,2-10H2,1H3,(H,18,19). The predicted octanol–water partition coefficient (Wildman–Crippen LogP) is 2.10. The van der Waals surface area contributed by atoms with Gasteiger partial charge in [-0.2, -0.15) is 4.98 Å². The van der Waals surface area contributed by atoms with Crippen molar-refractivity contribution in [3.05, 3.63) is 11.7 Å². The van der Waals surface area contributed by atoms with E-state index in [1.54, 1.807) is 0 Å². The lowest BCUT2D eigenvalue weighted by molar-refractivity contribution is -0.137. The number of carboxylic acids is 1. The molecule has 1 aliphatic rings. The Labute approximate surface area is 119 Å². The van der Waals surface area contributed by atoms with Gasteiger partial charge in [-0.15, -0.1) is 0 Å². The molecule has 1 unspecified atom stereocenters. The Hall–Kier alpha value is -1.43. The van der Waals surface area contributed by atoms with Crippen LogP contribution in [0.1, 0.15) is 50.7 Å². The van der Waals surface area contributed by atoms with Gasteiger partial charge in [0.2, 0.25) is 5.89 Å². The van der Waals surface area contributed by atoms with Gasteiger partial charge in [0.15, 0.2) is 5.82 Å². The van der Waals surface area contributed by atoms with Gasteiger partial charge in [-0.1, -0.05) is 12.1 Å². The van der Waals surface area contributed by atoms with Crippen LogP contribution in [0.5, 0.6) is 0 Å². The summed E-state index contributed by atoms with van der Waals surface area (Å²) in [6, 6.07) is 0. The summed E-state index contributed by atoms with van der Waals surface area (Å²) < 4.78 is 5.19. The molecule has 112 valence electrons. The minimum absolute atomic E-state index is 0.265. The summed E-state index contributed by atoms with van der Waals surface area (Å²) in [7, 11) is 0. The molecular weight excluding hydrogens is 258 g/mol. The monoisotopic (exact) mass is 281 g/mol. The Bertz CT molecular complexity index is 433. The second-order valence-corrected chi connectivity index (χ2v) is 5.53. The molecule has 6 heteroatoms. The molecule has 1 aliphatic heterocycles. The van der Waals surface area contributed by atoms with Crippen molar-refractivity contribution in [3.8, 4) is 0 Å². The lowest BCUT2D eigenvalue weighted by Crippen LogP contribution is -2.35. The van der Waals surface area contributed by atoms with E-state index in [1.807, 2.05) is 0 Å². The van der Waals surface area contributed by atoms with Crippen LogP contribution < -0.4 is 0 Å². The maximum Gasteiger partial charge on any atom is 0.303 e. The Morgan fingerprint density at radius 3 is 3.15 bits per heavy atom. The second kappa shape index (κ2) is 7.38. The summed E-state index contributed by atoms with van der Waals surface area (Å²) in [6.45, 7) is 4.75. The van der Waals surface area contributed by atoms with E-state index in [9.17, 15) is 4.79 Å². The molecule has 0 amide bonds. The Morgan fingerprint density at radius 1 is 1.55 bits per heavy atom. The van der Waals surface area contributed by atoms with Gasteiger partial charge < -0.3 is 9.63 Å². The summed E-state index contributed by atoms with van der Waals surface area (Å²) in [4.78, 5) is 17.3. The molecule has 1 aromatic heterocycles. The number of aromatic nitrogens is 2. The van der Waals surface area contributed by atoms with Crippen molar-refractivity contribution in [2.75, 3.05) is 13.1 Å². The third-order valence-corrected chi connectivity index (χ3v) is 3.71. The van der Waals surface area contributed by atoms with E-state index in [2.05, 4.69) is 22.0 Å². The van der Waals surface area contributed by atoms with Crippen LogP contribution in [0.2, 0.25) is 0 Å². The van der Waals surface area contributed by atoms with Crippen molar-refractivity contribution in [3.63, 3.8) is 0 Å². The van der Waals surface area contributed by atoms with Crippen molar-refractivity contribution in [2.24, 2.45) is 5.92 Å². The highest BCUT2D eigenvalue weighted by Gasteiger charge is 2.21. The molecular formula is C14H23N3O3. The molecule has 2 rings (SSSR count). The molecule has 0 radical (unpaired) electrons. The summed E-state index contributed by atoms with van der Waals surface area (Å²) >= 11 is 0. The second-order valence-electron chi connectivity index (χ2n) is 5.53. The number of hydrogen-bond acceptors (Lipinski definition) is 5. The molecule has 0 aromatic carbocycles. The normalized spacial score (nSPS) is 20.1. The van der Waals surface area contributed by atoms with E-state index in [4.69, 9.17) is 9.63 Å². The highest BCUT2D eigenvalue weighted by Crippen LogP contribution is 2.22. The van der Waals surface area contributed by atoms with Gasteiger partial charge in [0.05, 0.1) is 6.54 Å². The lowest BCUT2D eigenvalue weighted by Gasteiger charge is -2.31. The number of likely N-dealkylation sites (tertiary alicyclic amines) is 1. The highest BCUT2D eigenvalue weighted by atomic mass is 16.5. The number of carboxylic acid groups (broad SMARTS) is 1. The van der Waals surface area contributed by atoms with Gasteiger partial charge in [0.1, 0.15) is 0 Å². The smallest absolute Gasteiger partial charge is 0.303 e. The zero-order valence-electron chi connectivity index (χ0n) is 12.0. The van der Waals surface area contributed by atoms with Crippen molar-refractivity contribution in [1.29, 1.82) is 0 Å². The SMILES string of the molecule is CCCc1nc(CN2CCCC(CCC(=O)O)C2)no1. The molecule has 0 aliphatic carbocycles. The molecule has 1 fully saturated rings. The first-order valence-corrected chi connectivity index (χ1v) is 7.43. The maximum atomic E-state index is 10.6. The first-order chi connectivity index (χ1) is 9.67. The Morgan fingerprint density at radius 2 is 2.40 bits per heavy atom. The summed E-state index contributed by atoms with van der Waals surface area (Å²) in [5, 5.41) is 12.8. The maximum absolute atomic E-state index is 10.6. The highest BCUT2D eigenvalue weighted by molar-refractivity contribution is 5.66. The van der Waals surface area contributed by atoms with Crippen LogP contribution in [0.3, 0.4) is 0 Å². The van der Waals surface area contributed by atoms with Crippen LogP contribution in [-0.4, -0.2) is 39.2 Å². The minimum Gasteiger partial charge on any atom is -0.481 e. The number of nitrogens with zero attached hydrogens (tertiary/aromatic N) is 3. The van der Waals surface area contributed by atoms with Crippen LogP contribution in [0.15, 0.2) is 4.52 Å². The summed E-state index contributed by atoms with van der Waals surface area (Å²) in [6.07, 6.45) is 5.10. The fourth-order valence-electron chi connectivity index (χ4n) is 2.73. The van der Waals surface area contributed by atoms with E-state index < -0.39 is 5.97 Å². The van der Waals surface area contributed by atoms with Gasteiger partial charge in [-0.25, -0.2) is 0 Å². The van der Waals surface area contributed by atoms with Gasteiger partial charge in [0, 0.05) is 19.4 Å². The fourth-order valence-corrected chi connectivity index (χ4v) is 2.73. The third-order valence-electron chi connectivity index (χ3n) is 3.71. The quantitative estimate of drug-likeness (QED) is 0.824. The number of rotatable bonds is 7. The Balaban J connectivity index is 1.80. The number of carbonyl (C=O) groups is 1. The van der Waals surface area contributed by atoms with E-state index in [0.29, 0.717) is 18.4 Å². The van der Waals surface area contributed by atoms with Crippen molar-refractivity contribution in [2.45, 2.75) is 52.0 Å². The number of hydrogen-bond donors (Lipinski definition) is 1. The third kappa shape index (κ3) is 4.59. The van der Waals surface area contributed by atoms with Crippen molar-refractivity contribution >= 4 is 5.97 Å². The van der Waals surface area contributed by atoms with Crippen molar-refractivity contribution in [1.82, 2.24) is 15.0 Å². The molecule has 20 heavy (non-hydrogen) atoms. The Kier molecular flexibility index (Phi) is 5.52. The van der Waals surface area contributed by atoms with Crippen LogP contribution in [0.4, 0.5) is 0 Å². The fraction of sp³-hybridized carbons (Fsp3) is 0.786. The molecule has 0 saturated carbocycles. The van der Waals surface area contributed by atoms with Crippen LogP contribution >= 0.6 is 0 Å². The molecule has 1 saturated heterocycles. The van der Waals surface area contributed by atoms with Crippen molar-refractivity contribution < 1.29 is 14.4 Å². The minimum atomic E-state index is -0.704. The molecule has 1 aromatic rings. The number of aryl methyl sites for hydroxylation is 1. The first-order valence-electron chi connectivity index (χ1n) is 7.43. The average molecular weight is 281 g/mol. The van der Waals surface area contributed by atoms with Gasteiger partial charge >= 0.3 is 5.97 Å². The topological polar surface area (TPSA) is 79.5 Å². The van der Waals surface area contributed by atoms with Crippen LogP contribution in [0.25, 0.3) is 0 Å². The molecule has 0 spiro atoms. The van der Waals surface area contributed by atoms with Gasteiger partial charge in [-0.05, 0) is 38.1 Å². The van der Waals surface area contributed by atoms with E-state index in [1.165, 1.54) is 0 Å². The van der Waals surface area contributed by atoms with E-state index in [-0.39, 0.29) is 6.42 Å². The first kappa shape index (κ1) is 15.0. The molecule has 0 bridgehead atoms. The molecule has 1 N–H and O–H groups in total. The van der Waals surface area contributed by atoms with Crippen LogP contribution in [-0.2, 0) is 17.8 Å².